The smallest absolute Gasteiger partial charge is 0.317 e. The molecule has 0 radical (unpaired) electrons. The van der Waals surface area contributed by atoms with E-state index in [2.05, 4.69) is 25.7 Å². The van der Waals surface area contributed by atoms with Crippen molar-refractivity contribution in [3.05, 3.63) is 47.2 Å². The Kier molecular flexibility index (Phi) is 4.39. The first-order chi connectivity index (χ1) is 17.1. The van der Waals surface area contributed by atoms with Crippen molar-refractivity contribution in [2.75, 3.05) is 44.8 Å². The number of imidazole rings is 1. The van der Waals surface area contributed by atoms with Crippen LogP contribution in [-0.4, -0.2) is 65.4 Å². The molecule has 1 saturated carbocycles. The number of urea groups is 1. The van der Waals surface area contributed by atoms with E-state index in [1.54, 1.807) is 7.05 Å². The van der Waals surface area contributed by atoms with Gasteiger partial charge in [0.15, 0.2) is 0 Å². The SMILES string of the molecule is [C-]#[N+]c1cc2c(-c3nc(C4CC4)n4c3CN(C(=O)NC)CC4)cccc2nc1N1CC2(COC2)C1. The van der Waals surface area contributed by atoms with Crippen molar-refractivity contribution in [3.63, 3.8) is 0 Å². The van der Waals surface area contributed by atoms with E-state index in [1.807, 2.05) is 23.1 Å². The highest BCUT2D eigenvalue weighted by molar-refractivity contribution is 5.98. The number of aromatic nitrogens is 3. The Morgan fingerprint density at radius 3 is 2.74 bits per heavy atom. The molecule has 1 N–H and O–H groups in total. The van der Waals surface area contributed by atoms with Gasteiger partial charge in [-0.2, -0.15) is 0 Å². The van der Waals surface area contributed by atoms with Crippen molar-refractivity contribution >= 4 is 28.4 Å². The summed E-state index contributed by atoms with van der Waals surface area (Å²) < 4.78 is 7.73. The van der Waals surface area contributed by atoms with Crippen molar-refractivity contribution < 1.29 is 9.53 Å². The van der Waals surface area contributed by atoms with Crippen molar-refractivity contribution in [2.24, 2.45) is 5.41 Å². The second-order valence-electron chi connectivity index (χ2n) is 10.3. The Balaban J connectivity index is 1.33. The molecule has 4 aliphatic rings. The number of nitrogens with zero attached hydrogens (tertiary/aromatic N) is 6. The van der Waals surface area contributed by atoms with Crippen LogP contribution < -0.4 is 10.2 Å². The molecule has 7 rings (SSSR count). The maximum absolute atomic E-state index is 12.4. The predicted molar refractivity (Wildman–Crippen MR) is 132 cm³/mol. The number of fused-ring (bicyclic) bond motifs is 2. The molecule has 1 spiro atoms. The molecule has 3 aromatic rings. The fraction of sp³-hybridized carbons (Fsp3) is 0.462. The van der Waals surface area contributed by atoms with Gasteiger partial charge in [-0.15, -0.1) is 0 Å². The highest BCUT2D eigenvalue weighted by Gasteiger charge is 2.49. The molecule has 178 valence electrons. The Labute approximate surface area is 203 Å². The molecule has 35 heavy (non-hydrogen) atoms. The quantitative estimate of drug-likeness (QED) is 0.594. The second kappa shape index (κ2) is 7.43. The van der Waals surface area contributed by atoms with E-state index in [0.717, 1.165) is 72.3 Å². The number of carbonyl (C=O) groups is 1. The van der Waals surface area contributed by atoms with Crippen molar-refractivity contribution in [2.45, 2.75) is 31.8 Å². The number of pyridine rings is 1. The van der Waals surface area contributed by atoms with Crippen molar-refractivity contribution in [1.29, 1.82) is 0 Å². The number of benzene rings is 1. The first-order valence-electron chi connectivity index (χ1n) is 12.3. The molecule has 0 unspecified atom stereocenters. The highest BCUT2D eigenvalue weighted by atomic mass is 16.5. The lowest BCUT2D eigenvalue weighted by Crippen LogP contribution is -2.66. The van der Waals surface area contributed by atoms with Crippen LogP contribution in [0.25, 0.3) is 27.0 Å². The lowest BCUT2D eigenvalue weighted by molar-refractivity contribution is -0.127. The third-order valence-corrected chi connectivity index (χ3v) is 7.84. The van der Waals surface area contributed by atoms with E-state index in [9.17, 15) is 4.79 Å². The predicted octanol–water partition coefficient (Wildman–Crippen LogP) is 3.52. The summed E-state index contributed by atoms with van der Waals surface area (Å²) in [5.74, 6) is 2.40. The third-order valence-electron chi connectivity index (χ3n) is 7.84. The Bertz CT molecular complexity index is 1410. The Morgan fingerprint density at radius 2 is 2.06 bits per heavy atom. The van der Waals surface area contributed by atoms with Gasteiger partial charge in [0.1, 0.15) is 11.6 Å². The summed E-state index contributed by atoms with van der Waals surface area (Å²) in [6.45, 7) is 13.2. The number of ether oxygens (including phenoxy) is 1. The standard InChI is InChI=1S/C26H27N7O2/c1-27-20-10-18-17(4-3-5-19(18)29-24(20)32-12-26(13-32)14-35-15-26)22-21-11-31(25(34)28-2)8-9-33(21)23(30-22)16-6-7-16/h3-5,10,16H,6-9,11-15H2,2H3,(H,28,34). The molecule has 0 atom stereocenters. The van der Waals surface area contributed by atoms with Gasteiger partial charge in [0.25, 0.3) is 0 Å². The van der Waals surface area contributed by atoms with E-state index < -0.39 is 0 Å². The average Bonchev–Trinajstić information content (AvgIpc) is 3.61. The van der Waals surface area contributed by atoms with Crippen LogP contribution in [0.2, 0.25) is 0 Å². The molecule has 2 aromatic heterocycles. The van der Waals surface area contributed by atoms with Gasteiger partial charge in [-0.1, -0.05) is 12.1 Å². The lowest BCUT2D eigenvalue weighted by Gasteiger charge is -2.55. The van der Waals surface area contributed by atoms with Gasteiger partial charge in [-0.25, -0.2) is 19.6 Å². The lowest BCUT2D eigenvalue weighted by atomic mass is 9.78. The molecule has 9 nitrogen and oxygen atoms in total. The molecule has 1 aliphatic carbocycles. The van der Waals surface area contributed by atoms with Gasteiger partial charge in [0.2, 0.25) is 5.69 Å². The van der Waals surface area contributed by atoms with E-state index in [0.29, 0.717) is 24.7 Å². The number of anilines is 1. The number of nitrogens with one attached hydrogen (secondary N) is 1. The second-order valence-corrected chi connectivity index (χ2v) is 10.3. The van der Waals surface area contributed by atoms with Crippen LogP contribution in [0.1, 0.15) is 30.3 Å². The van der Waals surface area contributed by atoms with Crippen LogP contribution in [0.4, 0.5) is 16.3 Å². The summed E-state index contributed by atoms with van der Waals surface area (Å²) in [5.41, 5.74) is 4.65. The molecular weight excluding hydrogens is 442 g/mol. The van der Waals surface area contributed by atoms with E-state index in [1.165, 1.54) is 12.8 Å². The molecule has 2 amide bonds. The molecule has 1 aromatic carbocycles. The monoisotopic (exact) mass is 469 g/mol. The number of hydrogen-bond acceptors (Lipinski definition) is 5. The van der Waals surface area contributed by atoms with Crippen LogP contribution in [-0.2, 0) is 17.8 Å². The molecule has 3 aliphatic heterocycles. The summed E-state index contributed by atoms with van der Waals surface area (Å²) in [4.78, 5) is 30.4. The van der Waals surface area contributed by atoms with Crippen LogP contribution in [0.5, 0.6) is 0 Å². The van der Waals surface area contributed by atoms with Crippen molar-refractivity contribution in [1.82, 2.24) is 24.8 Å². The van der Waals surface area contributed by atoms with Gasteiger partial charge in [-0.05, 0) is 30.4 Å². The zero-order valence-electron chi connectivity index (χ0n) is 19.8. The summed E-state index contributed by atoms with van der Waals surface area (Å²) in [7, 11) is 1.67. The van der Waals surface area contributed by atoms with Crippen LogP contribution >= 0.6 is 0 Å². The van der Waals surface area contributed by atoms with Gasteiger partial charge < -0.3 is 24.4 Å². The number of hydrogen-bond donors (Lipinski definition) is 1. The first kappa shape index (κ1) is 20.7. The molecule has 2 saturated heterocycles. The summed E-state index contributed by atoms with van der Waals surface area (Å²) >= 11 is 0. The summed E-state index contributed by atoms with van der Waals surface area (Å²) in [6, 6.07) is 8.01. The van der Waals surface area contributed by atoms with Gasteiger partial charge in [-0.3, -0.25) is 0 Å². The van der Waals surface area contributed by atoms with E-state index >= 15 is 0 Å². The highest BCUT2D eigenvalue weighted by Crippen LogP contribution is 2.46. The third kappa shape index (κ3) is 3.13. The molecule has 9 heteroatoms. The van der Waals surface area contributed by atoms with Crippen LogP contribution in [0, 0.1) is 12.0 Å². The summed E-state index contributed by atoms with van der Waals surface area (Å²) in [6.07, 6.45) is 2.33. The summed E-state index contributed by atoms with van der Waals surface area (Å²) in [5, 5.41) is 3.69. The maximum Gasteiger partial charge on any atom is 0.317 e. The van der Waals surface area contributed by atoms with E-state index in [4.69, 9.17) is 21.3 Å². The maximum atomic E-state index is 12.4. The number of rotatable bonds is 3. The fourth-order valence-corrected chi connectivity index (χ4v) is 5.78. The van der Waals surface area contributed by atoms with Gasteiger partial charge in [0.05, 0.1) is 48.7 Å². The minimum Gasteiger partial charge on any atom is -0.380 e. The minimum atomic E-state index is -0.0694. The van der Waals surface area contributed by atoms with Gasteiger partial charge in [0, 0.05) is 44.7 Å². The minimum absolute atomic E-state index is 0.0694. The van der Waals surface area contributed by atoms with E-state index in [-0.39, 0.29) is 11.4 Å². The Hall–Kier alpha value is -3.64. The zero-order chi connectivity index (χ0) is 23.7. The normalized spacial score (nSPS) is 20.2. The molecule has 5 heterocycles. The average molecular weight is 470 g/mol. The first-order valence-corrected chi connectivity index (χ1v) is 12.3. The Morgan fingerprint density at radius 1 is 1.23 bits per heavy atom. The largest absolute Gasteiger partial charge is 0.380 e. The van der Waals surface area contributed by atoms with Crippen LogP contribution in [0.15, 0.2) is 24.3 Å². The van der Waals surface area contributed by atoms with Crippen molar-refractivity contribution in [3.8, 4) is 11.3 Å². The molecule has 3 fully saturated rings. The molecule has 0 bridgehead atoms. The topological polar surface area (TPSA) is 79.9 Å². The number of amides is 2. The molecular formula is C26H27N7O2. The van der Waals surface area contributed by atoms with Crippen LogP contribution in [0.3, 0.4) is 0 Å². The fourth-order valence-electron chi connectivity index (χ4n) is 5.78. The number of carbonyl (C=O) groups excluding carboxylic acids is 1. The zero-order valence-corrected chi connectivity index (χ0v) is 19.8. The van der Waals surface area contributed by atoms with Gasteiger partial charge >= 0.3 is 6.03 Å².